The Morgan fingerprint density at radius 1 is 1.14 bits per heavy atom. The normalized spacial score (nSPS) is 16.3. The van der Waals surface area contributed by atoms with Gasteiger partial charge in [-0.1, -0.05) is 27.7 Å². The van der Waals surface area contributed by atoms with E-state index in [0.717, 1.165) is 6.54 Å². The van der Waals surface area contributed by atoms with Crippen LogP contribution in [0.25, 0.3) is 0 Å². The molecule has 0 rings (SSSR count). The highest BCUT2D eigenvalue weighted by atomic mass is 15.2. The molecule has 0 aliphatic carbocycles. The van der Waals surface area contributed by atoms with Crippen molar-refractivity contribution in [2.75, 3.05) is 20.1 Å². The van der Waals surface area contributed by atoms with E-state index in [0.29, 0.717) is 18.0 Å². The summed E-state index contributed by atoms with van der Waals surface area (Å²) in [7, 11) is 2.06. The van der Waals surface area contributed by atoms with Crippen molar-refractivity contribution >= 4 is 0 Å². The summed E-state index contributed by atoms with van der Waals surface area (Å²) in [5.74, 6) is 0.707. The summed E-state index contributed by atoms with van der Waals surface area (Å²) < 4.78 is 0. The zero-order valence-electron chi connectivity index (χ0n) is 10.8. The van der Waals surface area contributed by atoms with Gasteiger partial charge in [-0.15, -0.1) is 0 Å². The van der Waals surface area contributed by atoms with Crippen molar-refractivity contribution in [2.24, 2.45) is 5.92 Å². The van der Waals surface area contributed by atoms with Crippen molar-refractivity contribution in [1.82, 2.24) is 10.2 Å². The fraction of sp³-hybridized carbons (Fsp3) is 1.00. The zero-order chi connectivity index (χ0) is 11.1. The maximum absolute atomic E-state index is 3.40. The molecule has 0 saturated heterocycles. The third-order valence-electron chi connectivity index (χ3n) is 3.23. The van der Waals surface area contributed by atoms with Crippen LogP contribution in [0.1, 0.15) is 41.0 Å². The first kappa shape index (κ1) is 13.9. The summed E-state index contributed by atoms with van der Waals surface area (Å²) in [4.78, 5) is 2.56. The Labute approximate surface area is 90.1 Å². The number of likely N-dealkylation sites (N-methyl/N-ethyl adjacent to an activating group) is 2. The molecule has 2 unspecified atom stereocenters. The largest absolute Gasteiger partial charge is 0.315 e. The van der Waals surface area contributed by atoms with Crippen molar-refractivity contribution < 1.29 is 0 Å². The van der Waals surface area contributed by atoms with Gasteiger partial charge in [0.1, 0.15) is 0 Å². The summed E-state index contributed by atoms with van der Waals surface area (Å²) >= 11 is 0. The van der Waals surface area contributed by atoms with Crippen molar-refractivity contribution in [3.63, 3.8) is 0 Å². The van der Waals surface area contributed by atoms with Gasteiger partial charge in [0.25, 0.3) is 0 Å². The highest BCUT2D eigenvalue weighted by Crippen LogP contribution is 2.08. The van der Waals surface area contributed by atoms with Gasteiger partial charge in [0, 0.05) is 18.6 Å². The standard InChI is InChI=1S/C12H28N2/c1-7-11(5)14(8-2)9-12(13-6)10(3)4/h10-13H,7-9H2,1-6H3. The predicted octanol–water partition coefficient (Wildman–Crippen LogP) is 2.35. The molecule has 0 saturated carbocycles. The van der Waals surface area contributed by atoms with E-state index >= 15 is 0 Å². The van der Waals surface area contributed by atoms with Gasteiger partial charge in [0.05, 0.1) is 0 Å². The van der Waals surface area contributed by atoms with E-state index in [9.17, 15) is 0 Å². The van der Waals surface area contributed by atoms with Gasteiger partial charge in [0.2, 0.25) is 0 Å². The Morgan fingerprint density at radius 2 is 1.71 bits per heavy atom. The third kappa shape index (κ3) is 4.43. The highest BCUT2D eigenvalue weighted by Gasteiger charge is 2.17. The smallest absolute Gasteiger partial charge is 0.0215 e. The van der Waals surface area contributed by atoms with Gasteiger partial charge in [0.15, 0.2) is 0 Å². The summed E-state index contributed by atoms with van der Waals surface area (Å²) in [5, 5.41) is 3.40. The van der Waals surface area contributed by atoms with E-state index in [4.69, 9.17) is 0 Å². The molecule has 14 heavy (non-hydrogen) atoms. The molecule has 1 N–H and O–H groups in total. The maximum atomic E-state index is 3.40. The van der Waals surface area contributed by atoms with Gasteiger partial charge >= 0.3 is 0 Å². The monoisotopic (exact) mass is 200 g/mol. The molecule has 0 amide bonds. The molecular weight excluding hydrogens is 172 g/mol. The number of rotatable bonds is 7. The molecular formula is C12H28N2. The molecule has 0 aliphatic rings. The van der Waals surface area contributed by atoms with Crippen LogP contribution in [0.15, 0.2) is 0 Å². The first-order valence-electron chi connectivity index (χ1n) is 5.98. The molecule has 0 aliphatic heterocycles. The lowest BCUT2D eigenvalue weighted by atomic mass is 10.0. The summed E-state index contributed by atoms with van der Waals surface area (Å²) in [6.07, 6.45) is 1.24. The van der Waals surface area contributed by atoms with E-state index in [-0.39, 0.29) is 0 Å². The van der Waals surface area contributed by atoms with Gasteiger partial charge in [-0.25, -0.2) is 0 Å². The Hall–Kier alpha value is -0.0800. The second-order valence-electron chi connectivity index (χ2n) is 4.48. The van der Waals surface area contributed by atoms with Gasteiger partial charge < -0.3 is 5.32 Å². The SMILES string of the molecule is CCC(C)N(CC)CC(NC)C(C)C. The highest BCUT2D eigenvalue weighted by molar-refractivity contribution is 4.75. The van der Waals surface area contributed by atoms with E-state index in [1.807, 2.05) is 0 Å². The van der Waals surface area contributed by atoms with E-state index in [2.05, 4.69) is 51.9 Å². The van der Waals surface area contributed by atoms with Crippen LogP contribution in [0.5, 0.6) is 0 Å². The third-order valence-corrected chi connectivity index (χ3v) is 3.23. The molecule has 0 fully saturated rings. The second-order valence-corrected chi connectivity index (χ2v) is 4.48. The topological polar surface area (TPSA) is 15.3 Å². The predicted molar refractivity (Wildman–Crippen MR) is 64.7 cm³/mol. The Morgan fingerprint density at radius 3 is 2.00 bits per heavy atom. The Bertz CT molecular complexity index is 134. The lowest BCUT2D eigenvalue weighted by Crippen LogP contribution is -2.45. The zero-order valence-corrected chi connectivity index (χ0v) is 10.8. The molecule has 0 aromatic rings. The van der Waals surface area contributed by atoms with Crippen molar-refractivity contribution in [3.05, 3.63) is 0 Å². The van der Waals surface area contributed by atoms with E-state index in [1.165, 1.54) is 13.0 Å². The summed E-state index contributed by atoms with van der Waals surface area (Å²) in [6.45, 7) is 13.7. The van der Waals surface area contributed by atoms with Crippen molar-refractivity contribution in [3.8, 4) is 0 Å². The van der Waals surface area contributed by atoms with Crippen molar-refractivity contribution in [1.29, 1.82) is 0 Å². The molecule has 86 valence electrons. The Balaban J connectivity index is 4.13. The minimum atomic E-state index is 0.615. The number of nitrogens with zero attached hydrogens (tertiary/aromatic N) is 1. The fourth-order valence-electron chi connectivity index (χ4n) is 1.77. The van der Waals surface area contributed by atoms with Crippen LogP contribution in [0.2, 0.25) is 0 Å². The molecule has 2 atom stereocenters. The molecule has 0 spiro atoms. The minimum Gasteiger partial charge on any atom is -0.315 e. The van der Waals surface area contributed by atoms with Crippen LogP contribution in [-0.2, 0) is 0 Å². The summed E-state index contributed by atoms with van der Waals surface area (Å²) in [5.41, 5.74) is 0. The average Bonchev–Trinajstić information content (AvgIpc) is 2.18. The lowest BCUT2D eigenvalue weighted by Gasteiger charge is -2.32. The first-order valence-corrected chi connectivity index (χ1v) is 5.98. The fourth-order valence-corrected chi connectivity index (χ4v) is 1.77. The molecule has 2 nitrogen and oxygen atoms in total. The molecule has 0 heterocycles. The molecule has 2 heteroatoms. The molecule has 0 aromatic heterocycles. The lowest BCUT2D eigenvalue weighted by molar-refractivity contribution is 0.178. The van der Waals surface area contributed by atoms with E-state index < -0.39 is 0 Å². The molecule has 0 aromatic carbocycles. The number of nitrogens with one attached hydrogen (secondary N) is 1. The van der Waals surface area contributed by atoms with Crippen LogP contribution >= 0.6 is 0 Å². The van der Waals surface area contributed by atoms with Gasteiger partial charge in [-0.3, -0.25) is 4.90 Å². The Kier molecular flexibility index (Phi) is 7.20. The van der Waals surface area contributed by atoms with Crippen molar-refractivity contribution in [2.45, 2.75) is 53.1 Å². The summed E-state index contributed by atoms with van der Waals surface area (Å²) in [6, 6.07) is 1.32. The van der Waals surface area contributed by atoms with Gasteiger partial charge in [-0.05, 0) is 32.9 Å². The number of hydrogen-bond acceptors (Lipinski definition) is 2. The average molecular weight is 200 g/mol. The van der Waals surface area contributed by atoms with E-state index in [1.54, 1.807) is 0 Å². The first-order chi connectivity index (χ1) is 6.56. The minimum absolute atomic E-state index is 0.615. The maximum Gasteiger partial charge on any atom is 0.0215 e. The quantitative estimate of drug-likeness (QED) is 0.678. The van der Waals surface area contributed by atoms with Crippen LogP contribution in [0.4, 0.5) is 0 Å². The second kappa shape index (κ2) is 7.24. The molecule has 0 radical (unpaired) electrons. The van der Waals surface area contributed by atoms with Crippen LogP contribution < -0.4 is 5.32 Å². The molecule has 0 bridgehead atoms. The van der Waals surface area contributed by atoms with Crippen LogP contribution in [0.3, 0.4) is 0 Å². The van der Waals surface area contributed by atoms with Gasteiger partial charge in [-0.2, -0.15) is 0 Å². The van der Waals surface area contributed by atoms with Crippen LogP contribution in [-0.4, -0.2) is 37.1 Å². The van der Waals surface area contributed by atoms with Crippen LogP contribution in [0, 0.1) is 5.92 Å². The number of hydrogen-bond donors (Lipinski definition) is 1.